The Morgan fingerprint density at radius 2 is 2.12 bits per heavy atom. The van der Waals surface area contributed by atoms with Crippen molar-refractivity contribution < 1.29 is 4.79 Å². The predicted octanol–water partition coefficient (Wildman–Crippen LogP) is 0.573. The fourth-order valence-electron chi connectivity index (χ4n) is 2.82. The third kappa shape index (κ3) is 3.68. The third-order valence-corrected chi connectivity index (χ3v) is 4.06. The molecule has 2 aliphatic rings. The van der Waals surface area contributed by atoms with Crippen molar-refractivity contribution in [2.45, 2.75) is 32.1 Å². The molecular formula is C13H25N3O. The summed E-state index contributed by atoms with van der Waals surface area (Å²) in [6, 6.07) is 0. The zero-order chi connectivity index (χ0) is 12.1. The summed E-state index contributed by atoms with van der Waals surface area (Å²) in [6.45, 7) is 4.48. The zero-order valence-electron chi connectivity index (χ0n) is 10.7. The Morgan fingerprint density at radius 1 is 1.29 bits per heavy atom. The number of carbonyl (C=O) groups is 1. The van der Waals surface area contributed by atoms with E-state index in [2.05, 4.69) is 10.2 Å². The van der Waals surface area contributed by atoms with E-state index in [0.29, 0.717) is 13.1 Å². The first-order valence-corrected chi connectivity index (χ1v) is 6.99. The summed E-state index contributed by atoms with van der Waals surface area (Å²) in [4.78, 5) is 14.4. The highest BCUT2D eigenvalue weighted by molar-refractivity contribution is 5.78. The van der Waals surface area contributed by atoms with Crippen molar-refractivity contribution in [3.63, 3.8) is 0 Å². The average Bonchev–Trinajstić information content (AvgIpc) is 2.31. The second-order valence-electron chi connectivity index (χ2n) is 5.48. The van der Waals surface area contributed by atoms with E-state index in [-0.39, 0.29) is 11.8 Å². The summed E-state index contributed by atoms with van der Waals surface area (Å²) in [5.41, 5.74) is 5.40. The van der Waals surface area contributed by atoms with Crippen molar-refractivity contribution in [2.75, 3.05) is 32.7 Å². The monoisotopic (exact) mass is 239 g/mol. The number of nitrogens with one attached hydrogen (secondary N) is 1. The van der Waals surface area contributed by atoms with Crippen LogP contribution in [0, 0.1) is 11.8 Å². The molecule has 1 saturated carbocycles. The van der Waals surface area contributed by atoms with Crippen LogP contribution in [-0.2, 0) is 4.79 Å². The molecule has 0 aromatic rings. The summed E-state index contributed by atoms with van der Waals surface area (Å²) in [7, 11) is 0. The van der Waals surface area contributed by atoms with E-state index in [1.54, 1.807) is 0 Å². The number of hydrogen-bond acceptors (Lipinski definition) is 3. The Morgan fingerprint density at radius 3 is 2.76 bits per heavy atom. The van der Waals surface area contributed by atoms with E-state index >= 15 is 0 Å². The summed E-state index contributed by atoms with van der Waals surface area (Å²) in [5.74, 6) is 1.30. The molecular weight excluding hydrogens is 214 g/mol. The molecule has 1 heterocycles. The molecule has 98 valence electrons. The smallest absolute Gasteiger partial charge is 0.224 e. The van der Waals surface area contributed by atoms with E-state index in [1.807, 2.05) is 0 Å². The highest BCUT2D eigenvalue weighted by atomic mass is 16.1. The van der Waals surface area contributed by atoms with Crippen molar-refractivity contribution in [2.24, 2.45) is 17.6 Å². The van der Waals surface area contributed by atoms with Crippen molar-refractivity contribution >= 4 is 5.91 Å². The molecule has 2 rings (SSSR count). The standard InChI is InChI=1S/C13H25N3O/c14-6-7-15-13(17)12-5-2-8-16(10-12)9-11-3-1-4-11/h11-12H,1-10,14H2,(H,15,17). The maximum Gasteiger partial charge on any atom is 0.224 e. The Hall–Kier alpha value is -0.610. The SMILES string of the molecule is NCCNC(=O)C1CCCN(CC2CCC2)C1. The molecule has 1 unspecified atom stereocenters. The van der Waals surface area contributed by atoms with Crippen LogP contribution >= 0.6 is 0 Å². The molecule has 1 atom stereocenters. The molecule has 4 nitrogen and oxygen atoms in total. The Labute approximate surface area is 104 Å². The first-order chi connectivity index (χ1) is 8.29. The minimum Gasteiger partial charge on any atom is -0.355 e. The first-order valence-electron chi connectivity index (χ1n) is 6.99. The maximum atomic E-state index is 11.9. The van der Waals surface area contributed by atoms with Gasteiger partial charge in [-0.1, -0.05) is 6.42 Å². The zero-order valence-corrected chi connectivity index (χ0v) is 10.7. The van der Waals surface area contributed by atoms with Crippen LogP contribution in [0.25, 0.3) is 0 Å². The maximum absolute atomic E-state index is 11.9. The number of piperidine rings is 1. The van der Waals surface area contributed by atoms with Gasteiger partial charge in [0, 0.05) is 26.2 Å². The fourth-order valence-corrected chi connectivity index (χ4v) is 2.82. The van der Waals surface area contributed by atoms with Crippen LogP contribution in [0.4, 0.5) is 0 Å². The van der Waals surface area contributed by atoms with Gasteiger partial charge < -0.3 is 16.0 Å². The number of nitrogens with zero attached hydrogens (tertiary/aromatic N) is 1. The lowest BCUT2D eigenvalue weighted by Gasteiger charge is -2.37. The Balaban J connectivity index is 1.73. The van der Waals surface area contributed by atoms with E-state index in [4.69, 9.17) is 5.73 Å². The molecule has 0 radical (unpaired) electrons. The molecule has 1 aliphatic heterocycles. The minimum absolute atomic E-state index is 0.190. The van der Waals surface area contributed by atoms with Crippen LogP contribution in [0.1, 0.15) is 32.1 Å². The second kappa shape index (κ2) is 6.36. The number of rotatable bonds is 5. The molecule has 2 fully saturated rings. The fraction of sp³-hybridized carbons (Fsp3) is 0.923. The Bertz CT molecular complexity index is 253. The quantitative estimate of drug-likeness (QED) is 0.737. The van der Waals surface area contributed by atoms with Crippen LogP contribution in [-0.4, -0.2) is 43.5 Å². The van der Waals surface area contributed by atoms with Gasteiger partial charge in [0.05, 0.1) is 5.92 Å². The molecule has 1 aliphatic carbocycles. The van der Waals surface area contributed by atoms with Crippen molar-refractivity contribution in [3.8, 4) is 0 Å². The van der Waals surface area contributed by atoms with Crippen molar-refractivity contribution in [3.05, 3.63) is 0 Å². The molecule has 0 aromatic carbocycles. The minimum atomic E-state index is 0.190. The highest BCUT2D eigenvalue weighted by Crippen LogP contribution is 2.28. The topological polar surface area (TPSA) is 58.4 Å². The molecule has 4 heteroatoms. The summed E-state index contributed by atoms with van der Waals surface area (Å²) in [5, 5.41) is 2.91. The van der Waals surface area contributed by atoms with Gasteiger partial charge in [-0.05, 0) is 38.1 Å². The molecule has 1 amide bonds. The van der Waals surface area contributed by atoms with E-state index in [1.165, 1.54) is 32.4 Å². The molecule has 1 saturated heterocycles. The van der Waals surface area contributed by atoms with Gasteiger partial charge in [-0.2, -0.15) is 0 Å². The number of hydrogen-bond donors (Lipinski definition) is 2. The first kappa shape index (κ1) is 12.8. The van der Waals surface area contributed by atoms with Gasteiger partial charge in [-0.15, -0.1) is 0 Å². The molecule has 17 heavy (non-hydrogen) atoms. The van der Waals surface area contributed by atoms with Crippen molar-refractivity contribution in [1.82, 2.24) is 10.2 Å². The van der Waals surface area contributed by atoms with E-state index in [9.17, 15) is 4.79 Å². The van der Waals surface area contributed by atoms with Crippen LogP contribution in [0.2, 0.25) is 0 Å². The molecule has 0 bridgehead atoms. The van der Waals surface area contributed by atoms with Crippen LogP contribution in [0.15, 0.2) is 0 Å². The van der Waals surface area contributed by atoms with Gasteiger partial charge in [0.1, 0.15) is 0 Å². The average molecular weight is 239 g/mol. The van der Waals surface area contributed by atoms with Gasteiger partial charge in [-0.25, -0.2) is 0 Å². The lowest BCUT2D eigenvalue weighted by molar-refractivity contribution is -0.126. The molecule has 0 spiro atoms. The Kier molecular flexibility index (Phi) is 4.80. The molecule has 3 N–H and O–H groups in total. The number of likely N-dealkylation sites (tertiary alicyclic amines) is 1. The number of amides is 1. The van der Waals surface area contributed by atoms with Gasteiger partial charge in [0.2, 0.25) is 5.91 Å². The van der Waals surface area contributed by atoms with Gasteiger partial charge >= 0.3 is 0 Å². The lowest BCUT2D eigenvalue weighted by atomic mass is 9.84. The van der Waals surface area contributed by atoms with Gasteiger partial charge in [-0.3, -0.25) is 4.79 Å². The number of carbonyl (C=O) groups excluding carboxylic acids is 1. The van der Waals surface area contributed by atoms with Gasteiger partial charge in [0.15, 0.2) is 0 Å². The van der Waals surface area contributed by atoms with E-state index in [0.717, 1.165) is 25.3 Å². The van der Waals surface area contributed by atoms with Crippen LogP contribution in [0.3, 0.4) is 0 Å². The highest BCUT2D eigenvalue weighted by Gasteiger charge is 2.28. The normalized spacial score (nSPS) is 26.5. The summed E-state index contributed by atoms with van der Waals surface area (Å²) >= 11 is 0. The van der Waals surface area contributed by atoms with Crippen molar-refractivity contribution in [1.29, 1.82) is 0 Å². The molecule has 0 aromatic heterocycles. The predicted molar refractivity (Wildman–Crippen MR) is 68.6 cm³/mol. The largest absolute Gasteiger partial charge is 0.355 e. The summed E-state index contributed by atoms with van der Waals surface area (Å²) < 4.78 is 0. The third-order valence-electron chi connectivity index (χ3n) is 4.06. The van der Waals surface area contributed by atoms with Crippen LogP contribution < -0.4 is 11.1 Å². The van der Waals surface area contributed by atoms with E-state index < -0.39 is 0 Å². The lowest BCUT2D eigenvalue weighted by Crippen LogP contribution is -2.45. The second-order valence-corrected chi connectivity index (χ2v) is 5.48. The summed E-state index contributed by atoms with van der Waals surface area (Å²) in [6.07, 6.45) is 6.38. The van der Waals surface area contributed by atoms with Gasteiger partial charge in [0.25, 0.3) is 0 Å². The number of nitrogens with two attached hydrogens (primary N) is 1. The van der Waals surface area contributed by atoms with Crippen LogP contribution in [0.5, 0.6) is 0 Å².